The van der Waals surface area contributed by atoms with E-state index in [0.717, 1.165) is 12.0 Å². The zero-order valence-corrected chi connectivity index (χ0v) is 22.4. The number of nitrogens with one attached hydrogen (secondary N) is 1. The number of carbonyl (C=O) groups is 2. The van der Waals surface area contributed by atoms with Crippen LogP contribution in [0.1, 0.15) is 54.4 Å². The molecule has 208 valence electrons. The lowest BCUT2D eigenvalue weighted by atomic mass is 9.84. The number of epoxide rings is 1. The summed E-state index contributed by atoms with van der Waals surface area (Å²) in [5.41, 5.74) is -0.267. The summed E-state index contributed by atoms with van der Waals surface area (Å²) in [5, 5.41) is 34.2. The number of aliphatic hydroxyl groups is 3. The summed E-state index contributed by atoms with van der Waals surface area (Å²) >= 11 is 0. The monoisotopic (exact) mass is 523 g/mol. The average molecular weight is 524 g/mol. The predicted octanol–water partition coefficient (Wildman–Crippen LogP) is 1.28. The van der Waals surface area contributed by atoms with Crippen molar-refractivity contribution in [2.24, 2.45) is 5.92 Å². The van der Waals surface area contributed by atoms with E-state index in [0.29, 0.717) is 6.42 Å². The van der Waals surface area contributed by atoms with Crippen LogP contribution in [0.5, 0.6) is 0 Å². The van der Waals surface area contributed by atoms with E-state index in [4.69, 9.17) is 18.9 Å². The van der Waals surface area contributed by atoms with Crippen LogP contribution in [0, 0.1) is 5.92 Å². The minimum Gasteiger partial charge on any atom is -0.459 e. The molecule has 10 atom stereocenters. The fourth-order valence-electron chi connectivity index (χ4n) is 4.94. The highest BCUT2D eigenvalue weighted by molar-refractivity contribution is 5.87. The van der Waals surface area contributed by atoms with E-state index < -0.39 is 41.8 Å². The van der Waals surface area contributed by atoms with Crippen molar-refractivity contribution in [1.82, 2.24) is 5.32 Å². The Bertz CT molecular complexity index is 923. The lowest BCUT2D eigenvalue weighted by molar-refractivity contribution is -0.321. The largest absolute Gasteiger partial charge is 0.459 e. The summed E-state index contributed by atoms with van der Waals surface area (Å²) in [6.45, 7) is 10.5. The normalized spacial score (nSPS) is 41.2. The van der Waals surface area contributed by atoms with Crippen LogP contribution in [0.2, 0.25) is 0 Å². The lowest BCUT2D eigenvalue weighted by Crippen LogP contribution is -2.65. The maximum atomic E-state index is 12.3. The average Bonchev–Trinajstić information content (AvgIpc) is 3.61. The molecule has 10 nitrogen and oxygen atoms in total. The van der Waals surface area contributed by atoms with Crippen molar-refractivity contribution >= 4 is 11.9 Å². The Labute approximate surface area is 218 Å². The van der Waals surface area contributed by atoms with Crippen molar-refractivity contribution in [3.8, 4) is 0 Å². The lowest BCUT2D eigenvalue weighted by Gasteiger charge is -2.44. The Morgan fingerprint density at radius 2 is 1.89 bits per heavy atom. The van der Waals surface area contributed by atoms with E-state index in [9.17, 15) is 24.9 Å². The van der Waals surface area contributed by atoms with Gasteiger partial charge in [-0.25, -0.2) is 0 Å². The zero-order chi connectivity index (χ0) is 27.5. The SMILES string of the molecule is CC(=O)O[C@@H](C)C=CC(=O)N[C@@H]1C[C@H](C)[C@H](CC=C(C)C=C[C@H]2O[C@@](C)(O)[C@H](O)[C@]3(CO3)[C@@H]2O)O[C@@H]1C. The molecule has 3 fully saturated rings. The van der Waals surface area contributed by atoms with E-state index in [2.05, 4.69) is 12.2 Å². The standard InChI is InChI=1S/C27H41NO9/c1-15(8-11-22-24(31)27(14-34-27)25(32)26(6,33)37-22)7-10-21-16(2)13-20(18(4)36-21)28-23(30)12-9-17(3)35-19(5)29/h7-9,11-12,16-18,20-22,24-25,31-33H,10,13-14H2,1-6H3,(H,28,30)/t16-,17-,18+,20+,21-,22+,24+,25-,26+,27-/m0/s1. The van der Waals surface area contributed by atoms with Crippen molar-refractivity contribution in [2.75, 3.05) is 6.61 Å². The molecule has 10 heteroatoms. The maximum absolute atomic E-state index is 12.3. The van der Waals surface area contributed by atoms with Gasteiger partial charge < -0.3 is 39.6 Å². The third-order valence-electron chi connectivity index (χ3n) is 7.27. The number of rotatable bonds is 8. The van der Waals surface area contributed by atoms with E-state index >= 15 is 0 Å². The molecule has 1 amide bonds. The van der Waals surface area contributed by atoms with Gasteiger partial charge in [0.1, 0.15) is 24.4 Å². The summed E-state index contributed by atoms with van der Waals surface area (Å²) in [6, 6.07) is -0.137. The number of hydrogen-bond acceptors (Lipinski definition) is 9. The van der Waals surface area contributed by atoms with Crippen molar-refractivity contribution < 1.29 is 43.9 Å². The third-order valence-corrected chi connectivity index (χ3v) is 7.27. The molecule has 0 bridgehead atoms. The van der Waals surface area contributed by atoms with Gasteiger partial charge in [-0.2, -0.15) is 0 Å². The first-order chi connectivity index (χ1) is 17.2. The van der Waals surface area contributed by atoms with Crippen LogP contribution >= 0.6 is 0 Å². The van der Waals surface area contributed by atoms with Crippen molar-refractivity contribution in [2.45, 2.75) is 108 Å². The molecule has 4 N–H and O–H groups in total. The highest BCUT2D eigenvalue weighted by Crippen LogP contribution is 2.45. The Kier molecular flexibility index (Phi) is 9.36. The number of hydrogen-bond donors (Lipinski definition) is 4. The quantitative estimate of drug-likeness (QED) is 0.160. The van der Waals surface area contributed by atoms with Crippen LogP contribution in [0.4, 0.5) is 0 Å². The van der Waals surface area contributed by atoms with Crippen LogP contribution < -0.4 is 5.32 Å². The van der Waals surface area contributed by atoms with Crippen LogP contribution in [0.25, 0.3) is 0 Å². The van der Waals surface area contributed by atoms with Crippen LogP contribution in [-0.4, -0.2) is 87.9 Å². The molecule has 0 aromatic carbocycles. The van der Waals surface area contributed by atoms with E-state index in [1.807, 2.05) is 19.9 Å². The fraction of sp³-hybridized carbons (Fsp3) is 0.704. The topological polar surface area (TPSA) is 147 Å². The van der Waals surface area contributed by atoms with Crippen LogP contribution in [0.3, 0.4) is 0 Å². The van der Waals surface area contributed by atoms with Gasteiger partial charge in [-0.15, -0.1) is 0 Å². The molecule has 0 aromatic rings. The van der Waals surface area contributed by atoms with E-state index in [-0.39, 0.29) is 36.7 Å². The second-order valence-corrected chi connectivity index (χ2v) is 10.7. The Hall–Kier alpha value is -2.08. The summed E-state index contributed by atoms with van der Waals surface area (Å²) in [7, 11) is 0. The van der Waals surface area contributed by atoms with E-state index in [1.165, 1.54) is 26.0 Å². The zero-order valence-electron chi connectivity index (χ0n) is 22.4. The molecular weight excluding hydrogens is 482 g/mol. The molecule has 3 rings (SSSR count). The van der Waals surface area contributed by atoms with Gasteiger partial charge in [0.2, 0.25) is 5.91 Å². The fourth-order valence-corrected chi connectivity index (χ4v) is 4.94. The first-order valence-electron chi connectivity index (χ1n) is 12.8. The maximum Gasteiger partial charge on any atom is 0.303 e. The van der Waals surface area contributed by atoms with Crippen LogP contribution in [0.15, 0.2) is 36.0 Å². The first-order valence-corrected chi connectivity index (χ1v) is 12.8. The van der Waals surface area contributed by atoms with Crippen molar-refractivity contribution in [3.05, 3.63) is 36.0 Å². The molecule has 3 heterocycles. The Balaban J connectivity index is 1.50. The summed E-state index contributed by atoms with van der Waals surface area (Å²) in [5.74, 6) is -2.29. The predicted molar refractivity (Wildman–Crippen MR) is 134 cm³/mol. The number of esters is 1. The van der Waals surface area contributed by atoms with Gasteiger partial charge in [-0.1, -0.05) is 30.7 Å². The third kappa shape index (κ3) is 7.28. The summed E-state index contributed by atoms with van der Waals surface area (Å²) in [4.78, 5) is 23.3. The van der Waals surface area contributed by atoms with Gasteiger partial charge in [-0.05, 0) is 52.5 Å². The number of carbonyl (C=O) groups excluding carboxylic acids is 2. The summed E-state index contributed by atoms with van der Waals surface area (Å²) < 4.78 is 22.0. The van der Waals surface area contributed by atoms with Gasteiger partial charge >= 0.3 is 5.97 Å². The molecule has 3 aliphatic heterocycles. The molecule has 0 saturated carbocycles. The molecule has 0 unspecified atom stereocenters. The number of allylic oxidation sites excluding steroid dienone is 2. The highest BCUT2D eigenvalue weighted by atomic mass is 16.7. The highest BCUT2D eigenvalue weighted by Gasteiger charge is 2.68. The minimum atomic E-state index is -1.83. The van der Waals surface area contributed by atoms with Gasteiger partial charge in [0.05, 0.1) is 24.9 Å². The van der Waals surface area contributed by atoms with Crippen LogP contribution in [-0.2, 0) is 28.5 Å². The molecule has 0 aromatic heterocycles. The first kappa shape index (κ1) is 29.5. The number of ether oxygens (including phenoxy) is 4. The summed E-state index contributed by atoms with van der Waals surface area (Å²) in [6.07, 6.45) is 5.90. The molecule has 0 aliphatic carbocycles. The smallest absolute Gasteiger partial charge is 0.303 e. The molecular formula is C27H41NO9. The molecule has 0 radical (unpaired) electrons. The molecule has 1 spiro atoms. The molecule has 37 heavy (non-hydrogen) atoms. The van der Waals surface area contributed by atoms with Crippen molar-refractivity contribution in [1.29, 1.82) is 0 Å². The Morgan fingerprint density at radius 3 is 2.51 bits per heavy atom. The van der Waals surface area contributed by atoms with E-state index in [1.54, 1.807) is 19.1 Å². The van der Waals surface area contributed by atoms with Gasteiger partial charge in [0.25, 0.3) is 0 Å². The second kappa shape index (κ2) is 11.8. The number of amides is 1. The molecule has 3 aliphatic rings. The minimum absolute atomic E-state index is 0.0263. The Morgan fingerprint density at radius 1 is 1.22 bits per heavy atom. The number of aliphatic hydroxyl groups excluding tert-OH is 2. The van der Waals surface area contributed by atoms with Gasteiger partial charge in [0, 0.05) is 13.0 Å². The van der Waals surface area contributed by atoms with Gasteiger partial charge in [-0.3, -0.25) is 9.59 Å². The molecule has 3 saturated heterocycles. The van der Waals surface area contributed by atoms with Crippen molar-refractivity contribution in [3.63, 3.8) is 0 Å². The van der Waals surface area contributed by atoms with Gasteiger partial charge in [0.15, 0.2) is 11.4 Å². The second-order valence-electron chi connectivity index (χ2n) is 10.7.